The van der Waals surface area contributed by atoms with Crippen molar-refractivity contribution in [3.8, 4) is 5.75 Å². The van der Waals surface area contributed by atoms with Crippen molar-refractivity contribution in [1.29, 1.82) is 0 Å². The number of fused-ring (bicyclic) bond motifs is 1. The van der Waals surface area contributed by atoms with E-state index in [0.717, 1.165) is 26.7 Å². The Morgan fingerprint density at radius 1 is 0.981 bits per heavy atom. The molecule has 3 amide bonds. The van der Waals surface area contributed by atoms with Crippen LogP contribution in [-0.4, -0.2) is 51.9 Å². The first-order valence-electron chi connectivity index (χ1n) is 15.9. The number of aromatic hydroxyl groups is 1. The number of aromatic nitrogens is 2. The number of hydrogen-bond acceptors (Lipinski definition) is 8. The predicted octanol–water partition coefficient (Wildman–Crippen LogP) is 4.40. The number of carbonyl (C=O) groups is 4. The second-order valence-electron chi connectivity index (χ2n) is 11.9. The van der Waals surface area contributed by atoms with Crippen LogP contribution in [0.2, 0.25) is 0 Å². The number of aliphatic carboxylic acids is 1. The molecule has 5 aromatic rings. The molecule has 12 nitrogen and oxygen atoms in total. The molecule has 0 spiro atoms. The minimum atomic E-state index is -5.19. The highest BCUT2D eigenvalue weighted by Gasteiger charge is 2.29. The number of phenols is 1. The number of rotatable bonds is 11. The SMILES string of the molecule is Cc1c[n+]2cc(CNC(=O)[C@H](Cc3ccc(O)cc3)NC(=O)Nc3ccc(C(=O)OC(C)C)cc3)n(Cc3cccc(F)c3)c2s1.O=C([O-])C(F)(F)F. The van der Waals surface area contributed by atoms with Crippen molar-refractivity contribution in [1.82, 2.24) is 15.2 Å². The van der Waals surface area contributed by atoms with E-state index >= 15 is 0 Å². The van der Waals surface area contributed by atoms with E-state index in [1.54, 1.807) is 67.6 Å². The first kappa shape index (κ1) is 39.8. The van der Waals surface area contributed by atoms with Crippen molar-refractivity contribution in [3.63, 3.8) is 0 Å². The van der Waals surface area contributed by atoms with Gasteiger partial charge in [0, 0.05) is 17.0 Å². The van der Waals surface area contributed by atoms with E-state index in [1.165, 1.54) is 24.3 Å². The first-order valence-corrected chi connectivity index (χ1v) is 16.8. The fraction of sp³-hybridized carbons (Fsp3) is 0.250. The number of thiazole rings is 1. The third-order valence-corrected chi connectivity index (χ3v) is 8.33. The van der Waals surface area contributed by atoms with Crippen LogP contribution in [-0.2, 0) is 33.8 Å². The summed E-state index contributed by atoms with van der Waals surface area (Å²) in [6, 6.07) is 17.5. The summed E-state index contributed by atoms with van der Waals surface area (Å²) >= 11 is 1.59. The van der Waals surface area contributed by atoms with Gasteiger partial charge in [-0.3, -0.25) is 4.79 Å². The summed E-state index contributed by atoms with van der Waals surface area (Å²) in [6.45, 7) is 6.09. The van der Waals surface area contributed by atoms with Crippen molar-refractivity contribution < 1.29 is 56.1 Å². The number of nitrogens with zero attached hydrogens (tertiary/aromatic N) is 2. The van der Waals surface area contributed by atoms with Gasteiger partial charge in [-0.25, -0.2) is 18.5 Å². The molecule has 280 valence electrons. The van der Waals surface area contributed by atoms with Gasteiger partial charge in [0.1, 0.15) is 42.5 Å². The topological polar surface area (TPSA) is 166 Å². The molecule has 1 atom stereocenters. The zero-order chi connectivity index (χ0) is 38.9. The summed E-state index contributed by atoms with van der Waals surface area (Å²) in [5, 5.41) is 26.9. The number of esters is 1. The van der Waals surface area contributed by atoms with E-state index < -0.39 is 36.1 Å². The molecule has 4 N–H and O–H groups in total. The Bertz CT molecular complexity index is 2060. The van der Waals surface area contributed by atoms with Gasteiger partial charge in [0.2, 0.25) is 5.91 Å². The molecule has 0 saturated heterocycles. The molecule has 0 aliphatic rings. The van der Waals surface area contributed by atoms with Crippen molar-refractivity contribution in [3.05, 3.63) is 118 Å². The Morgan fingerprint density at radius 3 is 2.25 bits per heavy atom. The Balaban J connectivity index is 0.000000815. The lowest BCUT2D eigenvalue weighted by atomic mass is 10.0. The molecule has 3 aromatic carbocycles. The van der Waals surface area contributed by atoms with Crippen LogP contribution in [0.3, 0.4) is 0 Å². The number of carboxylic acids is 1. The highest BCUT2D eigenvalue weighted by molar-refractivity contribution is 7.16. The van der Waals surface area contributed by atoms with Crippen LogP contribution in [0.1, 0.15) is 45.9 Å². The summed E-state index contributed by atoms with van der Waals surface area (Å²) in [5.41, 5.74) is 3.08. The predicted molar refractivity (Wildman–Crippen MR) is 183 cm³/mol. The highest BCUT2D eigenvalue weighted by Crippen LogP contribution is 2.19. The fourth-order valence-corrected chi connectivity index (χ4v) is 5.87. The van der Waals surface area contributed by atoms with Crippen LogP contribution in [0.4, 0.5) is 28.0 Å². The third kappa shape index (κ3) is 11.8. The Hall–Kier alpha value is -5.97. The van der Waals surface area contributed by atoms with Crippen LogP contribution in [0.5, 0.6) is 5.75 Å². The second-order valence-corrected chi connectivity index (χ2v) is 13.1. The maximum atomic E-state index is 13.9. The van der Waals surface area contributed by atoms with Gasteiger partial charge < -0.3 is 35.7 Å². The Kier molecular flexibility index (Phi) is 13.1. The fourth-order valence-electron chi connectivity index (χ4n) is 4.92. The van der Waals surface area contributed by atoms with Gasteiger partial charge in [-0.2, -0.15) is 17.6 Å². The average molecular weight is 758 g/mol. The van der Waals surface area contributed by atoms with E-state index in [0.29, 0.717) is 17.8 Å². The molecule has 2 heterocycles. The van der Waals surface area contributed by atoms with E-state index in [9.17, 15) is 37.1 Å². The van der Waals surface area contributed by atoms with Crippen LogP contribution in [0.15, 0.2) is 85.2 Å². The maximum absolute atomic E-state index is 13.9. The van der Waals surface area contributed by atoms with E-state index in [4.69, 9.17) is 14.6 Å². The molecule has 17 heteroatoms. The van der Waals surface area contributed by atoms with Gasteiger partial charge in [-0.1, -0.05) is 35.6 Å². The molecule has 5 rings (SSSR count). The molecular formula is C36H35F4N5O7S. The number of alkyl halides is 3. The molecule has 0 fully saturated rings. The summed E-state index contributed by atoms with van der Waals surface area (Å²) < 4.78 is 54.7. The molecule has 0 aliphatic carbocycles. The largest absolute Gasteiger partial charge is 0.542 e. The molecule has 0 bridgehead atoms. The van der Waals surface area contributed by atoms with E-state index in [1.807, 2.05) is 34.4 Å². The van der Waals surface area contributed by atoms with Crippen LogP contribution in [0, 0.1) is 12.7 Å². The number of urea groups is 1. The van der Waals surface area contributed by atoms with Crippen LogP contribution in [0.25, 0.3) is 4.96 Å². The number of anilines is 1. The summed E-state index contributed by atoms with van der Waals surface area (Å²) in [7, 11) is 0. The summed E-state index contributed by atoms with van der Waals surface area (Å²) in [5.74, 6) is -4.13. The number of carboxylic acid groups (broad SMARTS) is 1. The van der Waals surface area contributed by atoms with E-state index in [-0.39, 0.29) is 30.6 Å². The number of benzene rings is 3. The number of amides is 3. The number of nitrogens with one attached hydrogen (secondary N) is 3. The molecule has 0 radical (unpaired) electrons. The normalized spacial score (nSPS) is 11.7. The first-order chi connectivity index (χ1) is 25.0. The number of ether oxygens (including phenoxy) is 1. The minimum Gasteiger partial charge on any atom is -0.542 e. The van der Waals surface area contributed by atoms with Gasteiger partial charge >= 0.3 is 23.1 Å². The van der Waals surface area contributed by atoms with Gasteiger partial charge in [0.15, 0.2) is 5.69 Å². The van der Waals surface area contributed by atoms with Gasteiger partial charge in [-0.05, 0) is 80.4 Å². The van der Waals surface area contributed by atoms with E-state index in [2.05, 4.69) is 16.0 Å². The van der Waals surface area contributed by atoms with Gasteiger partial charge in [-0.15, -0.1) is 0 Å². The molecule has 53 heavy (non-hydrogen) atoms. The van der Waals surface area contributed by atoms with Crippen molar-refractivity contribution in [2.75, 3.05) is 5.32 Å². The standard InChI is InChI=1S/C34H34FN5O5S.C2HF3O2/c1-21(2)45-32(43)25-9-11-27(12-10-25)37-33(44)38-30(16-23-7-13-29(41)14-8-23)31(42)36-17-28-20-39-18-22(3)46-34(39)40(28)19-24-5-4-6-26(35)15-24;3-2(4,5)1(6)7/h4-15,18,20-21,30H,16-17,19H2,1-3H3,(H3-,36,37,38,41,42,43,44);(H,6,7)/t30-;/m0./s1. The second kappa shape index (κ2) is 17.5. The van der Waals surface area contributed by atoms with Crippen LogP contribution < -0.4 is 25.5 Å². The monoisotopic (exact) mass is 757 g/mol. The zero-order valence-electron chi connectivity index (χ0n) is 28.6. The average Bonchev–Trinajstić information content (AvgIpc) is 3.59. The smallest absolute Gasteiger partial charge is 0.430 e. The lowest BCUT2D eigenvalue weighted by Crippen LogP contribution is -2.49. The summed E-state index contributed by atoms with van der Waals surface area (Å²) in [4.78, 5) is 49.6. The van der Waals surface area contributed by atoms with Gasteiger partial charge in [0.05, 0.1) is 18.2 Å². The Labute approximate surface area is 304 Å². The highest BCUT2D eigenvalue weighted by atomic mass is 32.1. The molecule has 0 saturated carbocycles. The number of aryl methyl sites for hydroxylation is 1. The summed E-state index contributed by atoms with van der Waals surface area (Å²) in [6.07, 6.45) is -1.38. The lowest BCUT2D eigenvalue weighted by Gasteiger charge is -2.19. The van der Waals surface area contributed by atoms with Crippen LogP contribution >= 0.6 is 11.3 Å². The quantitative estimate of drug-likeness (QED) is 0.0881. The number of hydrogen-bond donors (Lipinski definition) is 4. The molecule has 2 aromatic heterocycles. The Morgan fingerprint density at radius 2 is 1.64 bits per heavy atom. The molecule has 0 unspecified atom stereocenters. The number of phenolic OH excluding ortho intramolecular Hbond substituents is 1. The number of halogens is 4. The lowest BCUT2D eigenvalue weighted by molar-refractivity contribution is -0.506. The maximum Gasteiger partial charge on any atom is 0.430 e. The van der Waals surface area contributed by atoms with Crippen molar-refractivity contribution in [2.45, 2.75) is 58.6 Å². The number of carbonyl (C=O) groups excluding carboxylic acids is 4. The molecule has 0 aliphatic heterocycles. The zero-order valence-corrected chi connectivity index (χ0v) is 29.4. The minimum absolute atomic E-state index is 0.0861. The third-order valence-electron chi connectivity index (χ3n) is 7.28. The number of imidazole rings is 1. The molecular weight excluding hydrogens is 722 g/mol. The van der Waals surface area contributed by atoms with Gasteiger partial charge in [0.25, 0.3) is 0 Å². The van der Waals surface area contributed by atoms with Crippen molar-refractivity contribution in [2.24, 2.45) is 0 Å². The van der Waals surface area contributed by atoms with Crippen molar-refractivity contribution >= 4 is 45.9 Å².